The number of rotatable bonds is 3. The monoisotopic (exact) mass is 291 g/mol. The van der Waals surface area contributed by atoms with Crippen LogP contribution in [0.2, 0.25) is 0 Å². The van der Waals surface area contributed by atoms with Crippen LogP contribution < -0.4 is 0 Å². The zero-order chi connectivity index (χ0) is 15.3. The van der Waals surface area contributed by atoms with Gasteiger partial charge >= 0.3 is 0 Å². The van der Waals surface area contributed by atoms with Gasteiger partial charge in [0.2, 0.25) is 5.91 Å². The van der Waals surface area contributed by atoms with Gasteiger partial charge in [-0.2, -0.15) is 0 Å². The van der Waals surface area contributed by atoms with E-state index in [1.54, 1.807) is 7.11 Å². The number of piperidine rings is 1. The van der Waals surface area contributed by atoms with Gasteiger partial charge in [0.25, 0.3) is 0 Å². The second-order valence-corrected chi connectivity index (χ2v) is 7.94. The molecule has 0 spiro atoms. The standard InChI is InChI=1S/C18H29NO2/c1-13-17(2,3)15-7-8-18(13,10-15)16(20)19-9-5-6-14(11-19)12-21-4/h14-15H,1,5-12H2,2-4H3/t14-,15-,18+/m1/s1. The molecule has 2 bridgehead atoms. The van der Waals surface area contributed by atoms with Crippen molar-refractivity contribution in [2.45, 2.75) is 46.0 Å². The van der Waals surface area contributed by atoms with E-state index in [-0.39, 0.29) is 10.8 Å². The molecular weight excluding hydrogens is 262 g/mol. The summed E-state index contributed by atoms with van der Waals surface area (Å²) < 4.78 is 5.29. The molecule has 3 nitrogen and oxygen atoms in total. The Balaban J connectivity index is 1.78. The average molecular weight is 291 g/mol. The van der Waals surface area contributed by atoms with Gasteiger partial charge in [0.1, 0.15) is 0 Å². The van der Waals surface area contributed by atoms with Crippen LogP contribution in [0.5, 0.6) is 0 Å². The molecule has 1 saturated heterocycles. The van der Waals surface area contributed by atoms with Crippen molar-refractivity contribution in [2.24, 2.45) is 22.7 Å². The van der Waals surface area contributed by atoms with E-state index < -0.39 is 0 Å². The van der Waals surface area contributed by atoms with E-state index in [0.29, 0.717) is 17.7 Å². The van der Waals surface area contributed by atoms with Crippen LogP contribution in [0.1, 0.15) is 46.0 Å². The normalized spacial score (nSPS) is 38.0. The van der Waals surface area contributed by atoms with Crippen LogP contribution >= 0.6 is 0 Å². The van der Waals surface area contributed by atoms with Gasteiger partial charge in [-0.3, -0.25) is 4.79 Å². The molecule has 3 rings (SSSR count). The minimum Gasteiger partial charge on any atom is -0.384 e. The topological polar surface area (TPSA) is 29.5 Å². The smallest absolute Gasteiger partial charge is 0.232 e. The Bertz CT molecular complexity index is 454. The van der Waals surface area contributed by atoms with Gasteiger partial charge < -0.3 is 9.64 Å². The molecule has 3 heteroatoms. The summed E-state index contributed by atoms with van der Waals surface area (Å²) in [6.07, 6.45) is 5.52. The first-order chi connectivity index (χ1) is 9.91. The predicted octanol–water partition coefficient (Wildman–Crippen LogP) is 3.25. The Kier molecular flexibility index (Phi) is 3.67. The van der Waals surface area contributed by atoms with Crippen LogP contribution in [0.25, 0.3) is 0 Å². The fraction of sp³-hybridized carbons (Fsp3) is 0.833. The lowest BCUT2D eigenvalue weighted by Crippen LogP contribution is -2.48. The molecule has 0 aromatic carbocycles. The molecule has 21 heavy (non-hydrogen) atoms. The lowest BCUT2D eigenvalue weighted by Gasteiger charge is -2.42. The van der Waals surface area contributed by atoms with Crippen LogP contribution in [-0.4, -0.2) is 37.6 Å². The summed E-state index contributed by atoms with van der Waals surface area (Å²) in [6, 6.07) is 0. The van der Waals surface area contributed by atoms with E-state index in [1.807, 2.05) is 0 Å². The van der Waals surface area contributed by atoms with E-state index in [4.69, 9.17) is 4.74 Å². The minimum atomic E-state index is -0.247. The predicted molar refractivity (Wildman–Crippen MR) is 83.9 cm³/mol. The summed E-state index contributed by atoms with van der Waals surface area (Å²) in [5.41, 5.74) is 1.09. The maximum absolute atomic E-state index is 13.3. The number of carbonyl (C=O) groups is 1. The SMILES string of the molecule is C=C1C(C)(C)[C@@H]2CC[C@]1(C(=O)N1CCC[C@@H](COC)C1)C2. The quantitative estimate of drug-likeness (QED) is 0.747. The summed E-state index contributed by atoms with van der Waals surface area (Å²) >= 11 is 0. The number of fused-ring (bicyclic) bond motifs is 2. The van der Waals surface area contributed by atoms with Gasteiger partial charge in [0.05, 0.1) is 12.0 Å². The Hall–Kier alpha value is -0.830. The molecule has 0 radical (unpaired) electrons. The zero-order valence-electron chi connectivity index (χ0n) is 13.8. The number of nitrogens with zero attached hydrogens (tertiary/aromatic N) is 1. The summed E-state index contributed by atoms with van der Waals surface area (Å²) in [5.74, 6) is 1.51. The molecule has 1 amide bonds. The molecule has 0 aromatic heterocycles. The van der Waals surface area contributed by atoms with Crippen molar-refractivity contribution in [1.29, 1.82) is 0 Å². The molecule has 3 atom stereocenters. The highest BCUT2D eigenvalue weighted by Gasteiger charge is 2.61. The van der Waals surface area contributed by atoms with Gasteiger partial charge in [0, 0.05) is 20.2 Å². The number of likely N-dealkylation sites (tertiary alicyclic amines) is 1. The van der Waals surface area contributed by atoms with Gasteiger partial charge in [-0.15, -0.1) is 0 Å². The Morgan fingerprint density at radius 2 is 2.19 bits per heavy atom. The third-order valence-electron chi connectivity index (χ3n) is 6.51. The summed E-state index contributed by atoms with van der Waals surface area (Å²) in [4.78, 5) is 15.4. The number of ether oxygens (including phenoxy) is 1. The second kappa shape index (κ2) is 5.12. The van der Waals surface area contributed by atoms with E-state index >= 15 is 0 Å². The number of amides is 1. The van der Waals surface area contributed by atoms with Crippen molar-refractivity contribution in [3.63, 3.8) is 0 Å². The van der Waals surface area contributed by atoms with Crippen LogP contribution in [0.3, 0.4) is 0 Å². The van der Waals surface area contributed by atoms with Gasteiger partial charge in [-0.1, -0.05) is 26.0 Å². The lowest BCUT2D eigenvalue weighted by atomic mass is 9.68. The molecule has 0 unspecified atom stereocenters. The first-order valence-electron chi connectivity index (χ1n) is 8.40. The van der Waals surface area contributed by atoms with Crippen molar-refractivity contribution < 1.29 is 9.53 Å². The van der Waals surface area contributed by atoms with Crippen molar-refractivity contribution in [2.75, 3.05) is 26.8 Å². The Labute approximate surface area is 128 Å². The van der Waals surface area contributed by atoms with Gasteiger partial charge in [-0.25, -0.2) is 0 Å². The van der Waals surface area contributed by atoms with Crippen LogP contribution in [0.4, 0.5) is 0 Å². The van der Waals surface area contributed by atoms with Crippen molar-refractivity contribution in [1.82, 2.24) is 4.90 Å². The fourth-order valence-electron chi connectivity index (χ4n) is 5.05. The van der Waals surface area contributed by atoms with Crippen molar-refractivity contribution >= 4 is 5.91 Å². The average Bonchev–Trinajstić information content (AvgIpc) is 2.99. The second-order valence-electron chi connectivity index (χ2n) is 7.94. The third-order valence-corrected chi connectivity index (χ3v) is 6.51. The minimum absolute atomic E-state index is 0.135. The molecular formula is C18H29NO2. The van der Waals surface area contributed by atoms with E-state index in [0.717, 1.165) is 39.0 Å². The summed E-state index contributed by atoms with van der Waals surface area (Å²) in [5, 5.41) is 0. The maximum Gasteiger partial charge on any atom is 0.232 e. The highest BCUT2D eigenvalue weighted by molar-refractivity contribution is 5.87. The molecule has 1 heterocycles. The molecule has 2 saturated carbocycles. The Morgan fingerprint density at radius 1 is 1.43 bits per heavy atom. The zero-order valence-corrected chi connectivity index (χ0v) is 13.8. The number of methoxy groups -OCH3 is 1. The maximum atomic E-state index is 13.3. The summed E-state index contributed by atoms with van der Waals surface area (Å²) in [6.45, 7) is 11.5. The highest BCUT2D eigenvalue weighted by Crippen LogP contribution is 2.66. The van der Waals surface area contributed by atoms with E-state index in [2.05, 4.69) is 25.3 Å². The summed E-state index contributed by atoms with van der Waals surface area (Å²) in [7, 11) is 1.75. The first kappa shape index (κ1) is 15.1. The molecule has 2 aliphatic carbocycles. The molecule has 0 aromatic rings. The van der Waals surface area contributed by atoms with E-state index in [1.165, 1.54) is 18.4 Å². The first-order valence-corrected chi connectivity index (χ1v) is 8.40. The number of hydrogen-bond acceptors (Lipinski definition) is 2. The Morgan fingerprint density at radius 3 is 2.81 bits per heavy atom. The molecule has 3 fully saturated rings. The van der Waals surface area contributed by atoms with E-state index in [9.17, 15) is 4.79 Å². The fourth-order valence-corrected chi connectivity index (χ4v) is 5.05. The molecule has 0 N–H and O–H groups in total. The molecule has 1 aliphatic heterocycles. The van der Waals surface area contributed by atoms with Crippen molar-refractivity contribution in [3.05, 3.63) is 12.2 Å². The highest BCUT2D eigenvalue weighted by atomic mass is 16.5. The molecule has 3 aliphatic rings. The third kappa shape index (κ3) is 2.16. The number of carbonyl (C=O) groups excluding carboxylic acids is 1. The van der Waals surface area contributed by atoms with Crippen LogP contribution in [0, 0.1) is 22.7 Å². The number of hydrogen-bond donors (Lipinski definition) is 0. The molecule has 118 valence electrons. The van der Waals surface area contributed by atoms with Crippen LogP contribution in [-0.2, 0) is 9.53 Å². The van der Waals surface area contributed by atoms with Crippen LogP contribution in [0.15, 0.2) is 12.2 Å². The van der Waals surface area contributed by atoms with Gasteiger partial charge in [-0.05, 0) is 49.4 Å². The van der Waals surface area contributed by atoms with Gasteiger partial charge in [0.15, 0.2) is 0 Å². The largest absolute Gasteiger partial charge is 0.384 e. The van der Waals surface area contributed by atoms with Crippen molar-refractivity contribution in [3.8, 4) is 0 Å². The lowest BCUT2D eigenvalue weighted by molar-refractivity contribution is -0.142.